The number of anilines is 1. The Morgan fingerprint density at radius 1 is 1.00 bits per heavy atom. The molecule has 1 atom stereocenters. The highest BCUT2D eigenvalue weighted by Gasteiger charge is 2.28. The Bertz CT molecular complexity index is 1170. The number of hydrogen-bond acceptors (Lipinski definition) is 6. The number of benzene rings is 2. The summed E-state index contributed by atoms with van der Waals surface area (Å²) in [5.74, 6) is 0.184. The summed E-state index contributed by atoms with van der Waals surface area (Å²) in [6.07, 6.45) is 3.35. The van der Waals surface area contributed by atoms with Crippen molar-refractivity contribution < 1.29 is 22.7 Å². The molecule has 2 N–H and O–H groups in total. The molecule has 0 saturated heterocycles. The monoisotopic (exact) mass is 469 g/mol. The van der Waals surface area contributed by atoms with E-state index in [1.165, 1.54) is 19.2 Å². The van der Waals surface area contributed by atoms with Crippen LogP contribution in [0.25, 0.3) is 0 Å². The molecule has 3 rings (SSSR count). The van der Waals surface area contributed by atoms with Crippen LogP contribution < -0.4 is 19.5 Å². The summed E-state index contributed by atoms with van der Waals surface area (Å²) in [6.45, 7) is 3.84. The number of pyridine rings is 1. The fourth-order valence-corrected chi connectivity index (χ4v) is 4.42. The second-order valence-corrected chi connectivity index (χ2v) is 9.37. The minimum absolute atomic E-state index is 0.0969. The summed E-state index contributed by atoms with van der Waals surface area (Å²) in [5, 5.41) is 2.78. The predicted molar refractivity (Wildman–Crippen MR) is 126 cm³/mol. The minimum atomic E-state index is -3.86. The Morgan fingerprint density at radius 3 is 2.33 bits per heavy atom. The Kier molecular flexibility index (Phi) is 8.02. The standard InChI is InChI=1S/C24H27N3O5S/c1-17(2)23(27-33(29,30)20-7-5-4-6-8-20)24(28)26-19-9-10-21(31-3)22(15-19)32-16-18-11-13-25-14-12-18/h4-15,17,23,27H,16H2,1-3H3,(H,26,28)/t23-/m0/s1. The van der Waals surface area contributed by atoms with E-state index in [4.69, 9.17) is 9.47 Å². The van der Waals surface area contributed by atoms with E-state index in [0.29, 0.717) is 23.8 Å². The second-order valence-electron chi connectivity index (χ2n) is 7.66. The number of sulfonamides is 1. The lowest BCUT2D eigenvalue weighted by Crippen LogP contribution is -2.47. The molecule has 0 bridgehead atoms. The molecule has 1 aromatic heterocycles. The summed E-state index contributed by atoms with van der Waals surface area (Å²) in [4.78, 5) is 17.1. The van der Waals surface area contributed by atoms with Crippen LogP contribution in [0.4, 0.5) is 5.69 Å². The van der Waals surface area contributed by atoms with E-state index in [0.717, 1.165) is 5.56 Å². The van der Waals surface area contributed by atoms with Crippen LogP contribution in [0.15, 0.2) is 78.0 Å². The Morgan fingerprint density at radius 2 is 1.70 bits per heavy atom. The molecular formula is C24H27N3O5S. The Hall–Kier alpha value is -3.43. The van der Waals surface area contributed by atoms with E-state index in [1.807, 2.05) is 12.1 Å². The summed E-state index contributed by atoms with van der Waals surface area (Å²) in [5.41, 5.74) is 1.38. The fourth-order valence-electron chi connectivity index (χ4n) is 3.05. The number of rotatable bonds is 10. The summed E-state index contributed by atoms with van der Waals surface area (Å²) in [6, 6.07) is 15.6. The van der Waals surface area contributed by atoms with Gasteiger partial charge in [-0.25, -0.2) is 8.42 Å². The van der Waals surface area contributed by atoms with Gasteiger partial charge in [-0.2, -0.15) is 4.72 Å². The molecule has 8 nitrogen and oxygen atoms in total. The molecule has 0 aliphatic rings. The number of nitrogens with one attached hydrogen (secondary N) is 2. The molecule has 0 fully saturated rings. The highest BCUT2D eigenvalue weighted by atomic mass is 32.2. The average molecular weight is 470 g/mol. The number of methoxy groups -OCH3 is 1. The molecule has 2 aromatic carbocycles. The van der Waals surface area contributed by atoms with Gasteiger partial charge in [0, 0.05) is 24.1 Å². The van der Waals surface area contributed by atoms with Gasteiger partial charge in [-0.3, -0.25) is 9.78 Å². The Labute approximate surface area is 194 Å². The highest BCUT2D eigenvalue weighted by Crippen LogP contribution is 2.31. The number of amides is 1. The predicted octanol–water partition coefficient (Wildman–Crippen LogP) is 3.61. The minimum Gasteiger partial charge on any atom is -0.493 e. The van der Waals surface area contributed by atoms with Crippen LogP contribution in [-0.4, -0.2) is 32.5 Å². The molecule has 174 valence electrons. The lowest BCUT2D eigenvalue weighted by Gasteiger charge is -2.22. The van der Waals surface area contributed by atoms with Gasteiger partial charge in [0.1, 0.15) is 12.6 Å². The second kappa shape index (κ2) is 10.9. The zero-order valence-corrected chi connectivity index (χ0v) is 19.5. The largest absolute Gasteiger partial charge is 0.493 e. The van der Waals surface area contributed by atoms with Gasteiger partial charge in [-0.1, -0.05) is 32.0 Å². The van der Waals surface area contributed by atoms with Gasteiger partial charge in [-0.05, 0) is 47.9 Å². The van der Waals surface area contributed by atoms with E-state index in [9.17, 15) is 13.2 Å². The van der Waals surface area contributed by atoms with E-state index in [2.05, 4.69) is 15.0 Å². The maximum Gasteiger partial charge on any atom is 0.242 e. The topological polar surface area (TPSA) is 107 Å². The smallest absolute Gasteiger partial charge is 0.242 e. The van der Waals surface area contributed by atoms with Crippen molar-refractivity contribution in [2.45, 2.75) is 31.4 Å². The van der Waals surface area contributed by atoms with Crippen LogP contribution in [0.1, 0.15) is 19.4 Å². The van der Waals surface area contributed by atoms with Crippen LogP contribution >= 0.6 is 0 Å². The molecule has 1 heterocycles. The third kappa shape index (κ3) is 6.53. The van der Waals surface area contributed by atoms with Crippen LogP contribution in [0.5, 0.6) is 11.5 Å². The van der Waals surface area contributed by atoms with Gasteiger partial charge in [0.2, 0.25) is 15.9 Å². The lowest BCUT2D eigenvalue weighted by atomic mass is 10.0. The lowest BCUT2D eigenvalue weighted by molar-refractivity contribution is -0.118. The van der Waals surface area contributed by atoms with Crippen molar-refractivity contribution in [2.24, 2.45) is 5.92 Å². The third-order valence-corrected chi connectivity index (χ3v) is 6.32. The number of aromatic nitrogens is 1. The van der Waals surface area contributed by atoms with Crippen molar-refractivity contribution >= 4 is 21.6 Å². The SMILES string of the molecule is COc1ccc(NC(=O)[C@@H](NS(=O)(=O)c2ccccc2)C(C)C)cc1OCc1ccncc1. The third-order valence-electron chi connectivity index (χ3n) is 4.86. The quantitative estimate of drug-likeness (QED) is 0.470. The van der Waals surface area contributed by atoms with Gasteiger partial charge in [0.15, 0.2) is 11.5 Å². The first kappa shape index (κ1) is 24.2. The van der Waals surface area contributed by atoms with Crippen LogP contribution in [0, 0.1) is 5.92 Å². The summed E-state index contributed by atoms with van der Waals surface area (Å²) < 4.78 is 39.2. The van der Waals surface area contributed by atoms with Gasteiger partial charge in [0.25, 0.3) is 0 Å². The normalized spacial score (nSPS) is 12.2. The zero-order valence-electron chi connectivity index (χ0n) is 18.7. The highest BCUT2D eigenvalue weighted by molar-refractivity contribution is 7.89. The molecular weight excluding hydrogens is 442 g/mol. The van der Waals surface area contributed by atoms with Crippen LogP contribution in [0.2, 0.25) is 0 Å². The average Bonchev–Trinajstić information content (AvgIpc) is 2.82. The molecule has 0 saturated carbocycles. The molecule has 9 heteroatoms. The van der Waals surface area contributed by atoms with E-state index >= 15 is 0 Å². The summed E-state index contributed by atoms with van der Waals surface area (Å²) in [7, 11) is -2.33. The van der Waals surface area contributed by atoms with Crippen molar-refractivity contribution in [1.29, 1.82) is 0 Å². The number of nitrogens with zero attached hydrogens (tertiary/aromatic N) is 1. The number of hydrogen-bond donors (Lipinski definition) is 2. The first-order valence-corrected chi connectivity index (χ1v) is 11.9. The molecule has 1 amide bonds. The molecule has 0 aliphatic carbocycles. The number of ether oxygens (including phenoxy) is 2. The van der Waals surface area contributed by atoms with Crippen molar-refractivity contribution in [3.05, 3.63) is 78.6 Å². The number of carbonyl (C=O) groups excluding carboxylic acids is 1. The molecule has 3 aromatic rings. The molecule has 0 spiro atoms. The molecule has 0 radical (unpaired) electrons. The van der Waals surface area contributed by atoms with Crippen LogP contribution in [0.3, 0.4) is 0 Å². The van der Waals surface area contributed by atoms with Crippen LogP contribution in [-0.2, 0) is 21.4 Å². The zero-order chi connectivity index (χ0) is 23.8. The van der Waals surface area contributed by atoms with Gasteiger partial charge < -0.3 is 14.8 Å². The maximum absolute atomic E-state index is 13.0. The molecule has 0 aliphatic heterocycles. The van der Waals surface area contributed by atoms with Crippen molar-refractivity contribution in [1.82, 2.24) is 9.71 Å². The van der Waals surface area contributed by atoms with Gasteiger partial charge in [0.05, 0.1) is 12.0 Å². The van der Waals surface area contributed by atoms with Crippen molar-refractivity contribution in [3.8, 4) is 11.5 Å². The Balaban J connectivity index is 1.75. The van der Waals surface area contributed by atoms with E-state index < -0.39 is 22.0 Å². The van der Waals surface area contributed by atoms with E-state index in [-0.39, 0.29) is 10.8 Å². The first-order valence-electron chi connectivity index (χ1n) is 10.4. The maximum atomic E-state index is 13.0. The fraction of sp³-hybridized carbons (Fsp3) is 0.250. The number of carbonyl (C=O) groups is 1. The molecule has 0 unspecified atom stereocenters. The van der Waals surface area contributed by atoms with Gasteiger partial charge >= 0.3 is 0 Å². The first-order chi connectivity index (χ1) is 15.8. The molecule has 33 heavy (non-hydrogen) atoms. The summed E-state index contributed by atoms with van der Waals surface area (Å²) >= 11 is 0. The van der Waals surface area contributed by atoms with Gasteiger partial charge in [-0.15, -0.1) is 0 Å². The van der Waals surface area contributed by atoms with E-state index in [1.54, 1.807) is 62.6 Å². The van der Waals surface area contributed by atoms with Crippen molar-refractivity contribution in [3.63, 3.8) is 0 Å². The van der Waals surface area contributed by atoms with Crippen molar-refractivity contribution in [2.75, 3.05) is 12.4 Å².